The molecule has 1 aliphatic rings. The molecule has 0 bridgehead atoms. The van der Waals surface area contributed by atoms with Crippen molar-refractivity contribution in [2.45, 2.75) is 0 Å². The molecule has 0 radical (unpaired) electrons. The van der Waals surface area contributed by atoms with Crippen LogP contribution in [0.25, 0.3) is 0 Å². The van der Waals surface area contributed by atoms with Gasteiger partial charge in [0.25, 0.3) is 17.7 Å². The molecule has 2 aromatic carbocycles. The summed E-state index contributed by atoms with van der Waals surface area (Å²) in [5.41, 5.74) is 1.14. The van der Waals surface area contributed by atoms with E-state index in [1.165, 1.54) is 11.3 Å². The lowest BCUT2D eigenvalue weighted by Crippen LogP contribution is -2.32. The molecule has 150 valence electrons. The molecule has 0 atom stereocenters. The van der Waals surface area contributed by atoms with E-state index in [4.69, 9.17) is 11.6 Å². The van der Waals surface area contributed by atoms with E-state index in [2.05, 4.69) is 31.5 Å². The van der Waals surface area contributed by atoms with E-state index < -0.39 is 11.8 Å². The number of hydrogen-bond acceptors (Lipinski definition) is 6. The first-order valence-electron chi connectivity index (χ1n) is 8.56. The van der Waals surface area contributed by atoms with Gasteiger partial charge in [0, 0.05) is 27.3 Å². The summed E-state index contributed by atoms with van der Waals surface area (Å²) in [6.07, 6.45) is 1.59. The number of nitrogens with one attached hydrogen (secondary N) is 2. The summed E-state index contributed by atoms with van der Waals surface area (Å²) in [5.74, 6) is -1.55. The SMILES string of the molecule is O=C(Nc1nccs1)c1cccc(NC2=C(Cl)C(=O)N(c3ccc(Br)cc3)C2=O)c1. The number of aromatic nitrogens is 1. The Morgan fingerprint density at radius 1 is 1.10 bits per heavy atom. The maximum absolute atomic E-state index is 12.8. The highest BCUT2D eigenvalue weighted by Gasteiger charge is 2.38. The summed E-state index contributed by atoms with van der Waals surface area (Å²) in [4.78, 5) is 42.8. The van der Waals surface area contributed by atoms with E-state index in [1.54, 1.807) is 60.1 Å². The number of hydrogen-bond donors (Lipinski definition) is 2. The minimum atomic E-state index is -0.621. The molecule has 30 heavy (non-hydrogen) atoms. The van der Waals surface area contributed by atoms with E-state index in [-0.39, 0.29) is 16.6 Å². The highest BCUT2D eigenvalue weighted by Crippen LogP contribution is 2.31. The average molecular weight is 504 g/mol. The van der Waals surface area contributed by atoms with Crippen molar-refractivity contribution < 1.29 is 14.4 Å². The molecule has 10 heteroatoms. The molecule has 2 N–H and O–H groups in total. The molecule has 4 rings (SSSR count). The smallest absolute Gasteiger partial charge is 0.283 e. The Hall–Kier alpha value is -3.01. The minimum absolute atomic E-state index is 0.0536. The third kappa shape index (κ3) is 4.00. The minimum Gasteiger partial charge on any atom is -0.350 e. The maximum atomic E-state index is 12.8. The van der Waals surface area contributed by atoms with Crippen molar-refractivity contribution in [1.82, 2.24) is 4.98 Å². The molecule has 0 spiro atoms. The van der Waals surface area contributed by atoms with Gasteiger partial charge in [-0.05, 0) is 42.5 Å². The topological polar surface area (TPSA) is 91.4 Å². The number of amides is 3. The van der Waals surface area contributed by atoms with E-state index in [1.807, 2.05) is 0 Å². The fourth-order valence-electron chi connectivity index (χ4n) is 2.77. The normalized spacial score (nSPS) is 13.7. The van der Waals surface area contributed by atoms with Crippen molar-refractivity contribution in [3.05, 3.63) is 80.9 Å². The first-order valence-corrected chi connectivity index (χ1v) is 10.6. The molecule has 2 heterocycles. The summed E-state index contributed by atoms with van der Waals surface area (Å²) in [5, 5.41) is 7.56. The van der Waals surface area contributed by atoms with Crippen LogP contribution >= 0.6 is 38.9 Å². The summed E-state index contributed by atoms with van der Waals surface area (Å²) in [7, 11) is 0. The van der Waals surface area contributed by atoms with Crippen LogP contribution in [0.4, 0.5) is 16.5 Å². The third-order valence-electron chi connectivity index (χ3n) is 4.16. The van der Waals surface area contributed by atoms with Gasteiger partial charge in [0.05, 0.1) is 5.69 Å². The zero-order chi connectivity index (χ0) is 21.3. The molecule has 0 fully saturated rings. The van der Waals surface area contributed by atoms with Gasteiger partial charge in [-0.1, -0.05) is 33.6 Å². The Morgan fingerprint density at radius 3 is 2.57 bits per heavy atom. The number of imide groups is 1. The van der Waals surface area contributed by atoms with Crippen LogP contribution in [-0.4, -0.2) is 22.7 Å². The van der Waals surface area contributed by atoms with Gasteiger partial charge >= 0.3 is 0 Å². The molecule has 0 aliphatic carbocycles. The number of carbonyl (C=O) groups is 3. The van der Waals surface area contributed by atoms with Crippen LogP contribution in [0.15, 0.2) is 75.3 Å². The lowest BCUT2D eigenvalue weighted by molar-refractivity contribution is -0.120. The average Bonchev–Trinajstić information content (AvgIpc) is 3.32. The second kappa shape index (κ2) is 8.39. The Bertz CT molecular complexity index is 1180. The first kappa shape index (κ1) is 20.3. The Kier molecular flexibility index (Phi) is 5.67. The van der Waals surface area contributed by atoms with Gasteiger partial charge < -0.3 is 5.32 Å². The van der Waals surface area contributed by atoms with Crippen molar-refractivity contribution in [2.24, 2.45) is 0 Å². The zero-order valence-corrected chi connectivity index (χ0v) is 18.2. The summed E-state index contributed by atoms with van der Waals surface area (Å²) >= 11 is 10.8. The van der Waals surface area contributed by atoms with Gasteiger partial charge in [-0.3, -0.25) is 19.7 Å². The maximum Gasteiger partial charge on any atom is 0.283 e. The number of anilines is 3. The molecule has 1 aliphatic heterocycles. The lowest BCUT2D eigenvalue weighted by Gasteiger charge is -2.15. The number of nitrogens with zero attached hydrogens (tertiary/aromatic N) is 2. The van der Waals surface area contributed by atoms with Gasteiger partial charge in [0.1, 0.15) is 10.7 Å². The van der Waals surface area contributed by atoms with Crippen LogP contribution in [0.5, 0.6) is 0 Å². The van der Waals surface area contributed by atoms with Crippen molar-refractivity contribution >= 4 is 73.1 Å². The largest absolute Gasteiger partial charge is 0.350 e. The van der Waals surface area contributed by atoms with Gasteiger partial charge in [0.15, 0.2) is 5.13 Å². The predicted molar refractivity (Wildman–Crippen MR) is 120 cm³/mol. The van der Waals surface area contributed by atoms with Crippen LogP contribution < -0.4 is 15.5 Å². The quantitative estimate of drug-likeness (QED) is 0.497. The van der Waals surface area contributed by atoms with E-state index in [9.17, 15) is 14.4 Å². The summed E-state index contributed by atoms with van der Waals surface area (Å²) in [6.45, 7) is 0. The van der Waals surface area contributed by atoms with Gasteiger partial charge in [-0.15, -0.1) is 11.3 Å². The molecule has 0 saturated heterocycles. The van der Waals surface area contributed by atoms with E-state index in [0.717, 1.165) is 9.37 Å². The van der Waals surface area contributed by atoms with Gasteiger partial charge in [0.2, 0.25) is 0 Å². The number of carbonyl (C=O) groups excluding carboxylic acids is 3. The number of rotatable bonds is 5. The fourth-order valence-corrected chi connectivity index (χ4v) is 3.77. The predicted octanol–water partition coefficient (Wildman–Crippen LogP) is 4.59. The van der Waals surface area contributed by atoms with E-state index in [0.29, 0.717) is 22.1 Å². The van der Waals surface area contributed by atoms with Crippen molar-refractivity contribution in [3.63, 3.8) is 0 Å². The molecule has 7 nitrogen and oxygen atoms in total. The molecule has 0 unspecified atom stereocenters. The van der Waals surface area contributed by atoms with Crippen LogP contribution in [-0.2, 0) is 9.59 Å². The summed E-state index contributed by atoms with van der Waals surface area (Å²) < 4.78 is 0.815. The number of benzene rings is 2. The fraction of sp³-hybridized carbons (Fsp3) is 0. The second-order valence-corrected chi connectivity index (χ2v) is 8.30. The number of halogens is 2. The molecule has 3 aromatic rings. The van der Waals surface area contributed by atoms with Crippen molar-refractivity contribution in [2.75, 3.05) is 15.5 Å². The monoisotopic (exact) mass is 502 g/mol. The lowest BCUT2D eigenvalue weighted by atomic mass is 10.2. The number of thiazole rings is 1. The van der Waals surface area contributed by atoms with Gasteiger partial charge in [-0.2, -0.15) is 0 Å². The highest BCUT2D eigenvalue weighted by atomic mass is 79.9. The molecular weight excluding hydrogens is 492 g/mol. The first-order chi connectivity index (χ1) is 14.4. The summed E-state index contributed by atoms with van der Waals surface area (Å²) in [6, 6.07) is 13.2. The van der Waals surface area contributed by atoms with Crippen molar-refractivity contribution in [3.8, 4) is 0 Å². The molecule has 1 aromatic heterocycles. The van der Waals surface area contributed by atoms with E-state index >= 15 is 0 Å². The van der Waals surface area contributed by atoms with Crippen LogP contribution in [0, 0.1) is 0 Å². The standard InChI is InChI=1S/C20H12BrClN4O3S/c21-12-4-6-14(7-5-12)26-18(28)15(22)16(19(26)29)24-13-3-1-2-11(10-13)17(27)25-20-23-8-9-30-20/h1-10,24H,(H,23,25,27). The third-order valence-corrected chi connectivity index (χ3v) is 5.73. The van der Waals surface area contributed by atoms with Crippen LogP contribution in [0.2, 0.25) is 0 Å². The van der Waals surface area contributed by atoms with Crippen LogP contribution in [0.1, 0.15) is 10.4 Å². The molecular formula is C20H12BrClN4O3S. The van der Waals surface area contributed by atoms with Crippen molar-refractivity contribution in [1.29, 1.82) is 0 Å². The Labute approximate surface area is 188 Å². The second-order valence-electron chi connectivity index (χ2n) is 6.11. The van der Waals surface area contributed by atoms with Crippen LogP contribution in [0.3, 0.4) is 0 Å². The zero-order valence-electron chi connectivity index (χ0n) is 15.1. The highest BCUT2D eigenvalue weighted by molar-refractivity contribution is 9.10. The Balaban J connectivity index is 1.55. The van der Waals surface area contributed by atoms with Gasteiger partial charge in [-0.25, -0.2) is 9.88 Å². The molecule has 0 saturated carbocycles. The Morgan fingerprint density at radius 2 is 1.87 bits per heavy atom. The molecule has 3 amide bonds.